The van der Waals surface area contributed by atoms with E-state index in [-0.39, 0.29) is 34.3 Å². The van der Waals surface area contributed by atoms with E-state index < -0.39 is 22.4 Å². The van der Waals surface area contributed by atoms with Gasteiger partial charge in [0, 0.05) is 30.0 Å². The molecule has 3 aromatic rings. The molecule has 0 bridgehead atoms. The van der Waals surface area contributed by atoms with E-state index >= 15 is 0 Å². The number of hydrogen-bond acceptors (Lipinski definition) is 7. The van der Waals surface area contributed by atoms with Crippen LogP contribution in [0.2, 0.25) is 0 Å². The second kappa shape index (κ2) is 9.71. The maximum atomic E-state index is 13.5. The molecule has 0 amide bonds. The van der Waals surface area contributed by atoms with Crippen LogP contribution in [0, 0.1) is 17.3 Å². The minimum atomic E-state index is -4.44. The third kappa shape index (κ3) is 5.39. The van der Waals surface area contributed by atoms with Gasteiger partial charge in [-0.05, 0) is 43.0 Å². The summed E-state index contributed by atoms with van der Waals surface area (Å²) in [4.78, 5) is 4.59. The number of halogens is 3. The Morgan fingerprint density at radius 1 is 1.24 bits per heavy atom. The van der Waals surface area contributed by atoms with E-state index in [1.807, 2.05) is 6.07 Å². The maximum Gasteiger partial charge on any atom is 0.394 e. The van der Waals surface area contributed by atoms with Crippen molar-refractivity contribution in [3.8, 4) is 17.6 Å². The van der Waals surface area contributed by atoms with E-state index in [1.54, 1.807) is 18.3 Å². The van der Waals surface area contributed by atoms with Crippen molar-refractivity contribution in [1.29, 1.82) is 0 Å². The van der Waals surface area contributed by atoms with Crippen LogP contribution in [-0.2, 0) is 21.0 Å². The zero-order chi connectivity index (χ0) is 27.1. The summed E-state index contributed by atoms with van der Waals surface area (Å²) in [7, 11) is -2.00. The number of fused-ring (bicyclic) bond motifs is 1. The largest absolute Gasteiger partial charge is 0.495 e. The van der Waals surface area contributed by atoms with Crippen LogP contribution in [0.4, 0.5) is 24.5 Å². The first-order valence-corrected chi connectivity index (χ1v) is 13.9. The topological polar surface area (TPSA) is 94.0 Å². The van der Waals surface area contributed by atoms with Gasteiger partial charge in [-0.15, -0.1) is 0 Å². The number of nitrogens with zero attached hydrogens (tertiary/aromatic N) is 2. The van der Waals surface area contributed by atoms with Gasteiger partial charge >= 0.3 is 6.18 Å². The lowest BCUT2D eigenvalue weighted by molar-refractivity contribution is -0.159. The highest BCUT2D eigenvalue weighted by atomic mass is 32.2. The molecule has 12 heteroatoms. The summed E-state index contributed by atoms with van der Waals surface area (Å²) in [5, 5.41) is 6.44. The van der Waals surface area contributed by atoms with Gasteiger partial charge in [-0.2, -0.15) is 13.2 Å². The van der Waals surface area contributed by atoms with Crippen LogP contribution >= 0.6 is 0 Å². The highest BCUT2D eigenvalue weighted by molar-refractivity contribution is 7.90. The number of sulfone groups is 1. The summed E-state index contributed by atoms with van der Waals surface area (Å²) in [5.74, 6) is 5.92. The summed E-state index contributed by atoms with van der Waals surface area (Å²) in [6.07, 6.45) is -1.03. The number of aromatic nitrogens is 2. The molecular weight excluding hydrogens is 521 g/mol. The number of ether oxygens (including phenoxy) is 2. The van der Waals surface area contributed by atoms with Crippen LogP contribution < -0.4 is 15.4 Å². The lowest BCUT2D eigenvalue weighted by atomic mass is 9.64. The van der Waals surface area contributed by atoms with Crippen molar-refractivity contribution in [3.63, 3.8) is 0 Å². The summed E-state index contributed by atoms with van der Waals surface area (Å²) in [6.45, 7) is 1.59. The quantitative estimate of drug-likeness (QED) is 0.433. The SMILES string of the molecule is COc1cc(S(C)(=O)=O)ccc1NCC#Cc1nc2c(NC3CC4(COC4)C3)cccn2c1CC(F)(F)F. The van der Waals surface area contributed by atoms with E-state index in [0.29, 0.717) is 22.8 Å². The first-order chi connectivity index (χ1) is 18.0. The van der Waals surface area contributed by atoms with Crippen molar-refractivity contribution in [1.82, 2.24) is 9.38 Å². The average Bonchev–Trinajstić information content (AvgIpc) is 3.13. The van der Waals surface area contributed by atoms with Crippen molar-refractivity contribution in [2.45, 2.75) is 36.4 Å². The van der Waals surface area contributed by atoms with Crippen LogP contribution in [-0.4, -0.2) is 63.1 Å². The van der Waals surface area contributed by atoms with Crippen LogP contribution in [0.1, 0.15) is 24.2 Å². The molecule has 1 spiro atoms. The van der Waals surface area contributed by atoms with Crippen LogP contribution in [0.15, 0.2) is 41.4 Å². The van der Waals surface area contributed by atoms with E-state index in [4.69, 9.17) is 9.47 Å². The van der Waals surface area contributed by atoms with Gasteiger partial charge in [-0.25, -0.2) is 13.4 Å². The first-order valence-electron chi connectivity index (χ1n) is 12.0. The van der Waals surface area contributed by atoms with Gasteiger partial charge in [0.05, 0.1) is 55.3 Å². The smallest absolute Gasteiger partial charge is 0.394 e. The first kappa shape index (κ1) is 26.2. The van der Waals surface area contributed by atoms with Crippen LogP contribution in [0.3, 0.4) is 0 Å². The molecule has 1 saturated carbocycles. The standard InChI is InChI=1S/C26H27F3N4O4S/c1-36-23-11-18(38(2,34)35)7-8-20(23)30-9-3-5-19-22(14-26(27,28)29)33-10-4-6-21(24(33)32-19)31-17-12-25(13-17)15-37-16-25/h4,6-8,10-11,17,30-31H,9,12-16H2,1-2H3. The highest BCUT2D eigenvalue weighted by Crippen LogP contribution is 2.48. The molecule has 1 aliphatic carbocycles. The van der Waals surface area contributed by atoms with Gasteiger partial charge < -0.3 is 24.5 Å². The Labute approximate surface area is 218 Å². The number of alkyl halides is 3. The van der Waals surface area contributed by atoms with Crippen molar-refractivity contribution in [3.05, 3.63) is 47.9 Å². The molecular formula is C26H27F3N4O4S. The molecule has 202 valence electrons. The fraction of sp³-hybridized carbons (Fsp3) is 0.423. The molecule has 1 saturated heterocycles. The molecule has 2 aromatic heterocycles. The number of nitrogens with one attached hydrogen (secondary N) is 2. The molecule has 2 aliphatic rings. The Morgan fingerprint density at radius 2 is 2.00 bits per heavy atom. The second-order valence-electron chi connectivity index (χ2n) is 9.85. The Balaban J connectivity index is 1.37. The summed E-state index contributed by atoms with van der Waals surface area (Å²) in [5.41, 5.74) is 1.83. The highest BCUT2D eigenvalue weighted by Gasteiger charge is 2.49. The number of rotatable bonds is 7. The van der Waals surface area contributed by atoms with Crippen molar-refractivity contribution in [2.75, 3.05) is 43.8 Å². The van der Waals surface area contributed by atoms with Gasteiger partial charge in [0.25, 0.3) is 0 Å². The minimum Gasteiger partial charge on any atom is -0.495 e. The predicted molar refractivity (Wildman–Crippen MR) is 136 cm³/mol. The maximum absolute atomic E-state index is 13.5. The van der Waals surface area contributed by atoms with E-state index in [2.05, 4.69) is 27.5 Å². The minimum absolute atomic E-state index is 0.0313. The lowest BCUT2D eigenvalue weighted by Crippen LogP contribution is -2.56. The van der Waals surface area contributed by atoms with E-state index in [0.717, 1.165) is 32.3 Å². The molecule has 2 N–H and O–H groups in total. The number of anilines is 2. The van der Waals surface area contributed by atoms with Gasteiger partial charge in [-0.3, -0.25) is 0 Å². The molecule has 38 heavy (non-hydrogen) atoms. The Hall–Kier alpha value is -3.43. The number of hydrogen-bond donors (Lipinski definition) is 2. The van der Waals surface area contributed by atoms with E-state index in [1.165, 1.54) is 23.6 Å². The number of methoxy groups -OCH3 is 1. The third-order valence-electron chi connectivity index (χ3n) is 6.83. The lowest BCUT2D eigenvalue weighted by Gasteiger charge is -2.53. The molecule has 5 rings (SSSR count). The Bertz CT molecular complexity index is 1530. The molecule has 2 fully saturated rings. The monoisotopic (exact) mass is 548 g/mol. The zero-order valence-corrected chi connectivity index (χ0v) is 21.7. The van der Waals surface area contributed by atoms with Crippen molar-refractivity contribution >= 4 is 26.9 Å². The summed E-state index contributed by atoms with van der Waals surface area (Å²) in [6, 6.07) is 8.11. The van der Waals surface area contributed by atoms with Crippen molar-refractivity contribution < 1.29 is 31.1 Å². The molecule has 3 heterocycles. The van der Waals surface area contributed by atoms with Crippen molar-refractivity contribution in [2.24, 2.45) is 5.41 Å². The molecule has 1 aromatic carbocycles. The van der Waals surface area contributed by atoms with Gasteiger partial charge in [0.1, 0.15) is 11.4 Å². The average molecular weight is 549 g/mol. The number of benzene rings is 1. The molecule has 0 atom stereocenters. The Kier molecular flexibility index (Phi) is 6.69. The number of pyridine rings is 1. The third-order valence-corrected chi connectivity index (χ3v) is 7.94. The zero-order valence-electron chi connectivity index (χ0n) is 20.9. The molecule has 8 nitrogen and oxygen atoms in total. The molecule has 0 unspecified atom stereocenters. The fourth-order valence-electron chi connectivity index (χ4n) is 4.94. The van der Waals surface area contributed by atoms with Gasteiger partial charge in [0.2, 0.25) is 0 Å². The predicted octanol–water partition coefficient (Wildman–Crippen LogP) is 3.91. The summed E-state index contributed by atoms with van der Waals surface area (Å²) >= 11 is 0. The van der Waals surface area contributed by atoms with Crippen LogP contribution in [0.5, 0.6) is 5.75 Å². The Morgan fingerprint density at radius 3 is 2.63 bits per heavy atom. The van der Waals surface area contributed by atoms with Crippen LogP contribution in [0.25, 0.3) is 5.65 Å². The second-order valence-corrected chi connectivity index (χ2v) is 11.9. The fourth-order valence-corrected chi connectivity index (χ4v) is 5.57. The normalized spacial score (nSPS) is 16.9. The van der Waals surface area contributed by atoms with Gasteiger partial charge in [-0.1, -0.05) is 5.92 Å². The number of imidazole rings is 1. The van der Waals surface area contributed by atoms with Gasteiger partial charge in [0.15, 0.2) is 15.5 Å². The summed E-state index contributed by atoms with van der Waals surface area (Å²) < 4.78 is 76.0. The molecule has 1 aliphatic heterocycles. The molecule has 0 radical (unpaired) electrons. The van der Waals surface area contributed by atoms with E-state index in [9.17, 15) is 21.6 Å².